The van der Waals surface area contributed by atoms with E-state index in [1.165, 1.54) is 16.7 Å². The van der Waals surface area contributed by atoms with Gasteiger partial charge in [-0.1, -0.05) is 91.0 Å². The fraction of sp³-hybridized carbons (Fsp3) is 0.222. The van der Waals surface area contributed by atoms with E-state index in [2.05, 4.69) is 56.3 Å². The number of rotatable bonds is 12. The minimum Gasteiger partial charge on any atom is -0.291 e. The van der Waals surface area contributed by atoms with Gasteiger partial charge in [-0.25, -0.2) is 0 Å². The Bertz CT molecular complexity index is 808. The average molecular weight is 411 g/mol. The van der Waals surface area contributed by atoms with E-state index in [4.69, 9.17) is 0 Å². The third-order valence-electron chi connectivity index (χ3n) is 4.76. The van der Waals surface area contributed by atoms with Gasteiger partial charge in [-0.2, -0.15) is 0 Å². The van der Waals surface area contributed by atoms with Gasteiger partial charge in [0.15, 0.2) is 0 Å². The second-order valence-electron chi connectivity index (χ2n) is 7.25. The molecule has 0 aliphatic rings. The topological polar surface area (TPSA) is 40.3 Å². The molecule has 0 fully saturated rings. The van der Waals surface area contributed by atoms with Crippen molar-refractivity contribution < 1.29 is 0 Å². The predicted molar refractivity (Wildman–Crippen MR) is 132 cm³/mol. The summed E-state index contributed by atoms with van der Waals surface area (Å²) in [7, 11) is 0. The Morgan fingerprint density at radius 3 is 1.03 bits per heavy atom. The Kier molecular flexibility index (Phi) is 9.92. The predicted octanol–water partition coefficient (Wildman–Crippen LogP) is 5.10. The minimum absolute atomic E-state index is 0.707. The van der Waals surface area contributed by atoms with Crippen molar-refractivity contribution >= 4 is 18.6 Å². The first-order chi connectivity index (χ1) is 15.4. The van der Waals surface area contributed by atoms with Crippen molar-refractivity contribution in [1.82, 2.24) is 4.90 Å². The molecule has 31 heavy (non-hydrogen) atoms. The van der Waals surface area contributed by atoms with Crippen molar-refractivity contribution in [3.8, 4) is 0 Å². The maximum Gasteiger partial charge on any atom is 0.0636 e. The molecule has 4 nitrogen and oxygen atoms in total. The first-order valence-electron chi connectivity index (χ1n) is 10.7. The van der Waals surface area contributed by atoms with Gasteiger partial charge in [0.25, 0.3) is 0 Å². The zero-order valence-corrected chi connectivity index (χ0v) is 17.9. The highest BCUT2D eigenvalue weighted by atomic mass is 15.1. The van der Waals surface area contributed by atoms with Crippen LogP contribution >= 0.6 is 0 Å². The molecular weight excluding hydrogens is 380 g/mol. The molecule has 0 spiro atoms. The number of hydrogen-bond donors (Lipinski definition) is 0. The molecule has 0 aromatic heterocycles. The van der Waals surface area contributed by atoms with Crippen molar-refractivity contribution in [2.75, 3.05) is 19.6 Å². The van der Waals surface area contributed by atoms with E-state index in [0.29, 0.717) is 19.6 Å². The first-order valence-corrected chi connectivity index (χ1v) is 10.7. The van der Waals surface area contributed by atoms with Crippen LogP contribution in [0.25, 0.3) is 0 Å². The highest BCUT2D eigenvalue weighted by Crippen LogP contribution is 2.01. The molecule has 0 atom stereocenters. The normalized spacial score (nSPS) is 11.9. The van der Waals surface area contributed by atoms with E-state index in [0.717, 1.165) is 19.6 Å². The average Bonchev–Trinajstić information content (AvgIpc) is 2.83. The van der Waals surface area contributed by atoms with Crippen LogP contribution in [-0.2, 0) is 19.6 Å². The Morgan fingerprint density at radius 2 is 0.742 bits per heavy atom. The molecule has 0 aliphatic heterocycles. The Labute approximate surface area is 185 Å². The summed E-state index contributed by atoms with van der Waals surface area (Å²) in [4.78, 5) is 16.0. The number of benzene rings is 3. The van der Waals surface area contributed by atoms with E-state index in [1.54, 1.807) is 0 Å². The van der Waals surface area contributed by atoms with Gasteiger partial charge in [0.2, 0.25) is 0 Å². The Hall–Kier alpha value is -3.37. The van der Waals surface area contributed by atoms with Gasteiger partial charge >= 0.3 is 0 Å². The second-order valence-corrected chi connectivity index (χ2v) is 7.25. The van der Waals surface area contributed by atoms with Crippen LogP contribution in [0.5, 0.6) is 0 Å². The molecule has 0 radical (unpaired) electrons. The summed E-state index contributed by atoms with van der Waals surface area (Å²) >= 11 is 0. The lowest BCUT2D eigenvalue weighted by Gasteiger charge is -2.15. The van der Waals surface area contributed by atoms with Gasteiger partial charge < -0.3 is 0 Å². The van der Waals surface area contributed by atoms with Crippen LogP contribution in [0.3, 0.4) is 0 Å². The summed E-state index contributed by atoms with van der Waals surface area (Å²) in [5.41, 5.74) is 3.66. The number of nitrogens with zero attached hydrogens (tertiary/aromatic N) is 4. The molecule has 0 unspecified atom stereocenters. The van der Waals surface area contributed by atoms with Crippen LogP contribution in [0.1, 0.15) is 16.7 Å². The highest BCUT2D eigenvalue weighted by molar-refractivity contribution is 5.66. The van der Waals surface area contributed by atoms with Gasteiger partial charge in [-0.15, -0.1) is 0 Å². The first kappa shape index (κ1) is 22.3. The third kappa shape index (κ3) is 9.32. The molecule has 0 amide bonds. The van der Waals surface area contributed by atoms with Crippen molar-refractivity contribution in [1.29, 1.82) is 0 Å². The van der Waals surface area contributed by atoms with Crippen LogP contribution in [0.2, 0.25) is 0 Å². The zero-order valence-electron chi connectivity index (χ0n) is 17.9. The molecule has 3 rings (SSSR count). The van der Waals surface area contributed by atoms with Crippen molar-refractivity contribution in [3.63, 3.8) is 0 Å². The lowest BCUT2D eigenvalue weighted by molar-refractivity contribution is 0.414. The van der Waals surface area contributed by atoms with Crippen LogP contribution < -0.4 is 0 Å². The van der Waals surface area contributed by atoms with E-state index in [9.17, 15) is 0 Å². The van der Waals surface area contributed by atoms with Gasteiger partial charge in [0, 0.05) is 38.3 Å². The Balaban J connectivity index is 1.49. The summed E-state index contributed by atoms with van der Waals surface area (Å²) < 4.78 is 0. The quantitative estimate of drug-likeness (QED) is 0.383. The molecule has 158 valence electrons. The highest BCUT2D eigenvalue weighted by Gasteiger charge is 2.00. The molecule has 0 bridgehead atoms. The SMILES string of the molecule is C(CN(CC=NCc1ccccc1)CC=NCc1ccccc1)=NCc1ccccc1. The van der Waals surface area contributed by atoms with Gasteiger partial charge in [-0.05, 0) is 16.7 Å². The van der Waals surface area contributed by atoms with Gasteiger partial charge in [-0.3, -0.25) is 19.9 Å². The van der Waals surface area contributed by atoms with Crippen LogP contribution in [0.4, 0.5) is 0 Å². The summed E-state index contributed by atoms with van der Waals surface area (Å²) in [5.74, 6) is 0. The molecular formula is C27H30N4. The summed E-state index contributed by atoms with van der Waals surface area (Å²) in [6.45, 7) is 4.42. The molecule has 0 saturated carbocycles. The molecule has 3 aromatic carbocycles. The second kappa shape index (κ2) is 13.8. The lowest BCUT2D eigenvalue weighted by Crippen LogP contribution is -2.29. The summed E-state index contributed by atoms with van der Waals surface area (Å²) in [5, 5.41) is 0. The minimum atomic E-state index is 0.707. The molecule has 0 aliphatic carbocycles. The standard InChI is InChI=1S/C27H30N4/c1-4-10-25(11-5-1)22-28-16-19-31(20-17-29-23-26-12-6-2-7-13-26)21-18-30-24-27-14-8-3-9-15-27/h1-18H,19-24H2. The molecule has 0 N–H and O–H groups in total. The molecule has 0 heterocycles. The van der Waals surface area contributed by atoms with Gasteiger partial charge in [0.05, 0.1) is 19.6 Å². The summed E-state index contributed by atoms with van der Waals surface area (Å²) in [6.07, 6.45) is 5.97. The van der Waals surface area contributed by atoms with Crippen molar-refractivity contribution in [2.24, 2.45) is 15.0 Å². The van der Waals surface area contributed by atoms with E-state index >= 15 is 0 Å². The maximum atomic E-state index is 4.58. The van der Waals surface area contributed by atoms with E-state index in [1.807, 2.05) is 73.2 Å². The van der Waals surface area contributed by atoms with Crippen molar-refractivity contribution in [2.45, 2.75) is 19.6 Å². The Morgan fingerprint density at radius 1 is 0.452 bits per heavy atom. The van der Waals surface area contributed by atoms with Crippen LogP contribution in [-0.4, -0.2) is 43.2 Å². The van der Waals surface area contributed by atoms with Gasteiger partial charge in [0.1, 0.15) is 0 Å². The zero-order chi connectivity index (χ0) is 21.4. The van der Waals surface area contributed by atoms with Crippen LogP contribution in [0.15, 0.2) is 106 Å². The largest absolute Gasteiger partial charge is 0.291 e. The summed E-state index contributed by atoms with van der Waals surface area (Å²) in [6, 6.07) is 30.9. The smallest absolute Gasteiger partial charge is 0.0636 e. The molecule has 0 saturated heterocycles. The van der Waals surface area contributed by atoms with Crippen molar-refractivity contribution in [3.05, 3.63) is 108 Å². The fourth-order valence-corrected chi connectivity index (χ4v) is 3.00. The molecule has 3 aromatic rings. The van der Waals surface area contributed by atoms with E-state index < -0.39 is 0 Å². The monoisotopic (exact) mass is 410 g/mol. The van der Waals surface area contributed by atoms with E-state index in [-0.39, 0.29) is 0 Å². The van der Waals surface area contributed by atoms with Crippen LogP contribution in [0, 0.1) is 0 Å². The number of hydrogen-bond acceptors (Lipinski definition) is 4. The number of aliphatic imine (C=N–C) groups is 3. The fourth-order valence-electron chi connectivity index (χ4n) is 3.00. The molecule has 4 heteroatoms. The lowest BCUT2D eigenvalue weighted by atomic mass is 10.2. The maximum absolute atomic E-state index is 4.58. The third-order valence-corrected chi connectivity index (χ3v) is 4.76.